The number of pyridine rings is 1. The summed E-state index contributed by atoms with van der Waals surface area (Å²) in [5.41, 5.74) is 0.0731. The summed E-state index contributed by atoms with van der Waals surface area (Å²) in [6.07, 6.45) is 2.27. The fraction of sp³-hybridized carbons (Fsp3) is 0.333. The van der Waals surface area contributed by atoms with Crippen molar-refractivity contribution in [2.45, 2.75) is 30.7 Å². The Morgan fingerprint density at radius 3 is 2.58 bits per heavy atom. The van der Waals surface area contributed by atoms with Gasteiger partial charge in [-0.15, -0.1) is 0 Å². The lowest BCUT2D eigenvalue weighted by atomic mass is 10.2. The molecular formula is C15H17F3N4O3S. The average molecular weight is 390 g/mol. The summed E-state index contributed by atoms with van der Waals surface area (Å²) >= 11 is 0. The molecule has 0 bridgehead atoms. The molecule has 0 radical (unpaired) electrons. The lowest BCUT2D eigenvalue weighted by molar-refractivity contribution is -0.00488. The van der Waals surface area contributed by atoms with Crippen molar-refractivity contribution in [2.24, 2.45) is 7.05 Å². The molecule has 0 saturated heterocycles. The zero-order valence-electron chi connectivity index (χ0n) is 14.1. The first kappa shape index (κ1) is 19.9. The highest BCUT2D eigenvalue weighted by atomic mass is 32.2. The average Bonchev–Trinajstić information content (AvgIpc) is 2.89. The van der Waals surface area contributed by atoms with Gasteiger partial charge in [-0.3, -0.25) is 4.79 Å². The predicted octanol–water partition coefficient (Wildman–Crippen LogP) is 2.13. The second-order valence-corrected chi connectivity index (χ2v) is 7.51. The molecule has 0 aliphatic heterocycles. The monoisotopic (exact) mass is 390 g/mol. The van der Waals surface area contributed by atoms with Crippen LogP contribution in [0.5, 0.6) is 0 Å². The molecule has 26 heavy (non-hydrogen) atoms. The van der Waals surface area contributed by atoms with Crippen molar-refractivity contribution in [3.63, 3.8) is 0 Å². The van der Waals surface area contributed by atoms with Crippen molar-refractivity contribution in [2.75, 3.05) is 5.32 Å². The summed E-state index contributed by atoms with van der Waals surface area (Å²) in [6, 6.07) is 1.75. The Labute approximate surface area is 148 Å². The van der Waals surface area contributed by atoms with E-state index in [4.69, 9.17) is 0 Å². The van der Waals surface area contributed by atoms with Crippen LogP contribution in [0.15, 0.2) is 35.5 Å². The van der Waals surface area contributed by atoms with Crippen molar-refractivity contribution in [1.82, 2.24) is 14.3 Å². The molecule has 1 atom stereocenters. The number of amides is 1. The Balaban J connectivity index is 2.24. The molecule has 11 heteroatoms. The number of aryl methyl sites for hydroxylation is 1. The maximum atomic E-state index is 13.2. The number of nitrogens with zero attached hydrogens (tertiary/aromatic N) is 2. The largest absolute Gasteiger partial charge is 0.345 e. The van der Waals surface area contributed by atoms with Crippen LogP contribution in [0.3, 0.4) is 0 Å². The number of hydrogen-bond donors (Lipinski definition) is 2. The fourth-order valence-electron chi connectivity index (χ4n) is 1.99. The molecule has 142 valence electrons. The zero-order valence-corrected chi connectivity index (χ0v) is 14.9. The molecule has 0 spiro atoms. The van der Waals surface area contributed by atoms with Crippen LogP contribution in [-0.2, 0) is 17.1 Å². The van der Waals surface area contributed by atoms with Crippen LogP contribution >= 0.6 is 0 Å². The summed E-state index contributed by atoms with van der Waals surface area (Å²) in [5.74, 6) is -4.75. The number of rotatable bonds is 6. The van der Waals surface area contributed by atoms with Gasteiger partial charge in [-0.25, -0.2) is 26.9 Å². The third-order valence-electron chi connectivity index (χ3n) is 3.60. The lowest BCUT2D eigenvalue weighted by Gasteiger charge is -2.20. The third kappa shape index (κ3) is 4.61. The summed E-state index contributed by atoms with van der Waals surface area (Å²) in [7, 11) is -2.84. The topological polar surface area (TPSA) is 93.1 Å². The third-order valence-corrected chi connectivity index (χ3v) is 5.11. The summed E-state index contributed by atoms with van der Waals surface area (Å²) < 4.78 is 67.0. The van der Waals surface area contributed by atoms with Gasteiger partial charge in [0, 0.05) is 38.1 Å². The zero-order chi connectivity index (χ0) is 19.7. The van der Waals surface area contributed by atoms with Crippen molar-refractivity contribution in [1.29, 1.82) is 0 Å². The number of alkyl halides is 2. The number of anilines is 1. The predicted molar refractivity (Wildman–Crippen MR) is 88.0 cm³/mol. The molecule has 0 fully saturated rings. The van der Waals surface area contributed by atoms with E-state index in [9.17, 15) is 26.4 Å². The quantitative estimate of drug-likeness (QED) is 0.739. The van der Waals surface area contributed by atoms with Gasteiger partial charge in [-0.1, -0.05) is 0 Å². The van der Waals surface area contributed by atoms with E-state index < -0.39 is 33.8 Å². The van der Waals surface area contributed by atoms with E-state index in [0.29, 0.717) is 6.92 Å². The van der Waals surface area contributed by atoms with E-state index in [-0.39, 0.29) is 16.3 Å². The minimum Gasteiger partial charge on any atom is -0.345 e. The number of sulfonamides is 1. The highest BCUT2D eigenvalue weighted by Crippen LogP contribution is 2.21. The Hall–Kier alpha value is -2.40. The molecule has 2 aromatic heterocycles. The molecule has 2 rings (SSSR count). The molecule has 0 saturated carbocycles. The van der Waals surface area contributed by atoms with Gasteiger partial charge in [-0.05, 0) is 19.1 Å². The molecule has 2 aromatic rings. The van der Waals surface area contributed by atoms with Crippen LogP contribution in [0.2, 0.25) is 0 Å². The first-order valence-corrected chi connectivity index (χ1v) is 8.88. The molecule has 1 amide bonds. The fourth-order valence-corrected chi connectivity index (χ4v) is 3.36. The number of carbonyl (C=O) groups excluding carboxylic acids is 1. The van der Waals surface area contributed by atoms with Crippen molar-refractivity contribution < 1.29 is 26.4 Å². The van der Waals surface area contributed by atoms with Gasteiger partial charge in [0.25, 0.3) is 11.8 Å². The van der Waals surface area contributed by atoms with Gasteiger partial charge < -0.3 is 9.88 Å². The van der Waals surface area contributed by atoms with E-state index >= 15 is 0 Å². The van der Waals surface area contributed by atoms with Crippen molar-refractivity contribution >= 4 is 21.6 Å². The summed E-state index contributed by atoms with van der Waals surface area (Å²) in [4.78, 5) is 15.3. The van der Waals surface area contributed by atoms with Gasteiger partial charge in [0.05, 0.1) is 6.04 Å². The van der Waals surface area contributed by atoms with Crippen LogP contribution in [-0.4, -0.2) is 35.8 Å². The number of carbonyl (C=O) groups is 1. The van der Waals surface area contributed by atoms with Gasteiger partial charge in [0.2, 0.25) is 16.0 Å². The second kappa shape index (κ2) is 7.08. The Bertz CT molecular complexity index is 922. The van der Waals surface area contributed by atoms with E-state index in [0.717, 1.165) is 31.5 Å². The number of aromatic nitrogens is 2. The van der Waals surface area contributed by atoms with Gasteiger partial charge in [0.1, 0.15) is 10.6 Å². The molecule has 2 heterocycles. The summed E-state index contributed by atoms with van der Waals surface area (Å²) in [6.45, 7) is 1.63. The smallest absolute Gasteiger partial charge is 0.272 e. The normalized spacial score (nSPS) is 13.5. The van der Waals surface area contributed by atoms with E-state index in [1.165, 1.54) is 17.7 Å². The Morgan fingerprint density at radius 2 is 2.00 bits per heavy atom. The highest BCUT2D eigenvalue weighted by molar-refractivity contribution is 7.89. The molecule has 0 unspecified atom stereocenters. The Morgan fingerprint density at radius 1 is 1.35 bits per heavy atom. The maximum Gasteiger partial charge on any atom is 0.272 e. The van der Waals surface area contributed by atoms with Crippen LogP contribution < -0.4 is 10.0 Å². The first-order valence-electron chi connectivity index (χ1n) is 7.39. The Kier molecular flexibility index (Phi) is 5.42. The van der Waals surface area contributed by atoms with Crippen molar-refractivity contribution in [3.8, 4) is 0 Å². The molecule has 0 aliphatic rings. The molecule has 0 aliphatic carbocycles. The maximum absolute atomic E-state index is 13.2. The van der Waals surface area contributed by atoms with Gasteiger partial charge in [-0.2, -0.15) is 4.39 Å². The number of halogens is 3. The SMILES string of the molecule is C[C@@H](NS(=O)(=O)c1cc(C(=O)Nc2ccnc(F)c2)n(C)c1)C(C)(F)F. The minimum atomic E-state index is -4.26. The van der Waals surface area contributed by atoms with E-state index in [1.807, 2.05) is 4.72 Å². The number of hydrogen-bond acceptors (Lipinski definition) is 4. The molecule has 7 nitrogen and oxygen atoms in total. The standard InChI is InChI=1S/C15H17F3N4O3S/c1-9(15(2,17)18)21-26(24,25)11-7-12(22(3)8-11)14(23)20-10-4-5-19-13(16)6-10/h4-9,21H,1-3H3,(H,19,20,23)/t9-/m1/s1. The number of nitrogens with one attached hydrogen (secondary N) is 2. The molecule has 2 N–H and O–H groups in total. The van der Waals surface area contributed by atoms with Gasteiger partial charge >= 0.3 is 0 Å². The first-order chi connectivity index (χ1) is 11.9. The van der Waals surface area contributed by atoms with E-state index in [1.54, 1.807) is 0 Å². The molecule has 0 aromatic carbocycles. The summed E-state index contributed by atoms with van der Waals surface area (Å²) in [5, 5.41) is 2.39. The van der Waals surface area contributed by atoms with Crippen LogP contribution in [0, 0.1) is 5.95 Å². The van der Waals surface area contributed by atoms with Crippen molar-refractivity contribution in [3.05, 3.63) is 42.2 Å². The van der Waals surface area contributed by atoms with Crippen LogP contribution in [0.4, 0.5) is 18.9 Å². The molecular weight excluding hydrogens is 373 g/mol. The van der Waals surface area contributed by atoms with E-state index in [2.05, 4.69) is 10.3 Å². The van der Waals surface area contributed by atoms with Crippen LogP contribution in [0.25, 0.3) is 0 Å². The second-order valence-electron chi connectivity index (χ2n) is 5.79. The highest BCUT2D eigenvalue weighted by Gasteiger charge is 2.34. The minimum absolute atomic E-state index is 0.0569. The van der Waals surface area contributed by atoms with Gasteiger partial charge in [0.15, 0.2) is 0 Å². The van der Waals surface area contributed by atoms with Crippen LogP contribution in [0.1, 0.15) is 24.3 Å². The lowest BCUT2D eigenvalue weighted by Crippen LogP contribution is -2.43.